The average Bonchev–Trinajstić information content (AvgIpc) is 2.82. The molecule has 0 amide bonds. The number of aliphatic imine (C=N–C) groups is 1. The number of likely N-dealkylation sites (tertiary alicyclic amines) is 1. The fraction of sp³-hybridized carbons (Fsp3) is 0.933. The zero-order valence-corrected chi connectivity index (χ0v) is 13.1. The maximum Gasteiger partial charge on any atom is 0.191 e. The molecule has 0 bridgehead atoms. The quantitative estimate of drug-likeness (QED) is 0.614. The van der Waals surface area contributed by atoms with Gasteiger partial charge in [-0.2, -0.15) is 0 Å². The second-order valence-electron chi connectivity index (χ2n) is 6.14. The van der Waals surface area contributed by atoms with Crippen molar-refractivity contribution in [3.63, 3.8) is 0 Å². The Morgan fingerprint density at radius 2 is 1.65 bits per heavy atom. The maximum atomic E-state index is 6.14. The van der Waals surface area contributed by atoms with Gasteiger partial charge in [0.2, 0.25) is 0 Å². The van der Waals surface area contributed by atoms with Crippen LogP contribution >= 0.6 is 0 Å². The molecule has 2 fully saturated rings. The van der Waals surface area contributed by atoms with E-state index in [9.17, 15) is 0 Å². The van der Waals surface area contributed by atoms with Crippen LogP contribution in [-0.4, -0.2) is 80.1 Å². The molecule has 2 saturated heterocycles. The fourth-order valence-electron chi connectivity index (χ4n) is 3.03. The van der Waals surface area contributed by atoms with Crippen LogP contribution in [0.15, 0.2) is 4.99 Å². The zero-order valence-electron chi connectivity index (χ0n) is 13.1. The number of hydrogen-bond donors (Lipinski definition) is 1. The topological polar surface area (TPSA) is 48.1 Å². The molecular formula is C15H31N5. The molecule has 0 atom stereocenters. The Kier molecular flexibility index (Phi) is 6.60. The average molecular weight is 281 g/mol. The third-order valence-corrected chi connectivity index (χ3v) is 4.43. The van der Waals surface area contributed by atoms with Crippen LogP contribution in [0.4, 0.5) is 0 Å². The molecule has 0 aromatic rings. The number of hydrogen-bond acceptors (Lipinski definition) is 3. The number of guanidine groups is 1. The number of likely N-dealkylation sites (N-methyl/N-ethyl adjacent to an activating group) is 1. The Hall–Kier alpha value is -0.810. The van der Waals surface area contributed by atoms with Crippen molar-refractivity contribution >= 4 is 5.96 Å². The SMILES string of the molecule is CN1CCCN(CCN=C(N)N2CCCCCC2)CC1. The van der Waals surface area contributed by atoms with Crippen LogP contribution in [0.2, 0.25) is 0 Å². The zero-order chi connectivity index (χ0) is 14.2. The van der Waals surface area contributed by atoms with Crippen LogP contribution in [0.5, 0.6) is 0 Å². The van der Waals surface area contributed by atoms with E-state index in [2.05, 4.69) is 26.7 Å². The molecule has 2 aliphatic rings. The first-order valence-corrected chi connectivity index (χ1v) is 8.21. The standard InChI is InChI=1S/C15H31N5/c1-18-8-6-9-19(14-13-18)12-7-17-15(16)20-10-4-2-3-5-11-20/h2-14H2,1H3,(H2,16,17). The van der Waals surface area contributed by atoms with Crippen molar-refractivity contribution in [2.75, 3.05) is 59.4 Å². The van der Waals surface area contributed by atoms with Crippen molar-refractivity contribution < 1.29 is 0 Å². The molecule has 0 aromatic heterocycles. The Morgan fingerprint density at radius 3 is 2.40 bits per heavy atom. The van der Waals surface area contributed by atoms with E-state index in [1.807, 2.05) is 0 Å². The predicted molar refractivity (Wildman–Crippen MR) is 85.1 cm³/mol. The van der Waals surface area contributed by atoms with E-state index < -0.39 is 0 Å². The highest BCUT2D eigenvalue weighted by molar-refractivity contribution is 5.78. The van der Waals surface area contributed by atoms with Crippen LogP contribution in [0.1, 0.15) is 32.1 Å². The molecule has 5 nitrogen and oxygen atoms in total. The van der Waals surface area contributed by atoms with Gasteiger partial charge in [0.1, 0.15) is 0 Å². The highest BCUT2D eigenvalue weighted by Crippen LogP contribution is 2.09. The highest BCUT2D eigenvalue weighted by Gasteiger charge is 2.13. The smallest absolute Gasteiger partial charge is 0.191 e. The van der Waals surface area contributed by atoms with E-state index in [4.69, 9.17) is 5.73 Å². The van der Waals surface area contributed by atoms with Gasteiger partial charge in [-0.05, 0) is 39.4 Å². The summed E-state index contributed by atoms with van der Waals surface area (Å²) in [6, 6.07) is 0. The predicted octanol–water partition coefficient (Wildman–Crippen LogP) is 0.815. The van der Waals surface area contributed by atoms with Gasteiger partial charge in [0, 0.05) is 32.7 Å². The summed E-state index contributed by atoms with van der Waals surface area (Å²) < 4.78 is 0. The summed E-state index contributed by atoms with van der Waals surface area (Å²) in [6.07, 6.45) is 6.46. The molecule has 0 unspecified atom stereocenters. The van der Waals surface area contributed by atoms with Gasteiger partial charge in [-0.3, -0.25) is 4.99 Å². The lowest BCUT2D eigenvalue weighted by molar-refractivity contribution is 0.282. The summed E-state index contributed by atoms with van der Waals surface area (Å²) >= 11 is 0. The van der Waals surface area contributed by atoms with Gasteiger partial charge in [-0.1, -0.05) is 12.8 Å². The summed E-state index contributed by atoms with van der Waals surface area (Å²) in [6.45, 7) is 8.81. The molecule has 2 heterocycles. The van der Waals surface area contributed by atoms with Crippen LogP contribution in [0.25, 0.3) is 0 Å². The molecule has 20 heavy (non-hydrogen) atoms. The van der Waals surface area contributed by atoms with Gasteiger partial charge in [0.05, 0.1) is 6.54 Å². The van der Waals surface area contributed by atoms with Crippen LogP contribution < -0.4 is 5.73 Å². The Morgan fingerprint density at radius 1 is 0.900 bits per heavy atom. The van der Waals surface area contributed by atoms with Crippen molar-refractivity contribution in [1.82, 2.24) is 14.7 Å². The third kappa shape index (κ3) is 5.29. The van der Waals surface area contributed by atoms with E-state index in [0.29, 0.717) is 0 Å². The lowest BCUT2D eigenvalue weighted by Gasteiger charge is -2.22. The summed E-state index contributed by atoms with van der Waals surface area (Å²) in [5.41, 5.74) is 6.14. The minimum atomic E-state index is 0.763. The van der Waals surface area contributed by atoms with Crippen LogP contribution in [0, 0.1) is 0 Å². The van der Waals surface area contributed by atoms with E-state index in [0.717, 1.165) is 38.7 Å². The van der Waals surface area contributed by atoms with Gasteiger partial charge in [0.15, 0.2) is 5.96 Å². The Labute approximate surface area is 123 Å². The van der Waals surface area contributed by atoms with E-state index >= 15 is 0 Å². The monoisotopic (exact) mass is 281 g/mol. The van der Waals surface area contributed by atoms with Crippen molar-refractivity contribution in [3.05, 3.63) is 0 Å². The first kappa shape index (κ1) is 15.6. The van der Waals surface area contributed by atoms with E-state index in [1.54, 1.807) is 0 Å². The lowest BCUT2D eigenvalue weighted by Crippen LogP contribution is -2.39. The number of nitrogens with two attached hydrogens (primary N) is 1. The van der Waals surface area contributed by atoms with Crippen molar-refractivity contribution in [3.8, 4) is 0 Å². The molecule has 0 radical (unpaired) electrons. The molecule has 2 rings (SSSR count). The molecule has 5 heteroatoms. The van der Waals surface area contributed by atoms with Crippen molar-refractivity contribution in [2.24, 2.45) is 10.7 Å². The summed E-state index contributed by atoms with van der Waals surface area (Å²) in [5, 5.41) is 0. The second-order valence-corrected chi connectivity index (χ2v) is 6.14. The summed E-state index contributed by atoms with van der Waals surface area (Å²) in [7, 11) is 2.21. The van der Waals surface area contributed by atoms with Gasteiger partial charge in [0.25, 0.3) is 0 Å². The second kappa shape index (κ2) is 8.47. The van der Waals surface area contributed by atoms with Crippen LogP contribution in [-0.2, 0) is 0 Å². The van der Waals surface area contributed by atoms with Gasteiger partial charge in [-0.25, -0.2) is 0 Å². The molecule has 2 aliphatic heterocycles. The van der Waals surface area contributed by atoms with Crippen molar-refractivity contribution in [2.45, 2.75) is 32.1 Å². The van der Waals surface area contributed by atoms with Gasteiger partial charge < -0.3 is 20.4 Å². The minimum Gasteiger partial charge on any atom is -0.370 e. The number of nitrogens with zero attached hydrogens (tertiary/aromatic N) is 4. The minimum absolute atomic E-state index is 0.763. The lowest BCUT2D eigenvalue weighted by atomic mass is 10.2. The first-order chi connectivity index (χ1) is 9.75. The van der Waals surface area contributed by atoms with Crippen LogP contribution in [0.3, 0.4) is 0 Å². The largest absolute Gasteiger partial charge is 0.370 e. The van der Waals surface area contributed by atoms with E-state index in [-0.39, 0.29) is 0 Å². The molecule has 0 spiro atoms. The molecule has 0 aromatic carbocycles. The number of rotatable bonds is 3. The van der Waals surface area contributed by atoms with Crippen molar-refractivity contribution in [1.29, 1.82) is 0 Å². The Bertz CT molecular complexity index is 297. The summed E-state index contributed by atoms with van der Waals surface area (Å²) in [4.78, 5) is 11.8. The third-order valence-electron chi connectivity index (χ3n) is 4.43. The van der Waals surface area contributed by atoms with Gasteiger partial charge >= 0.3 is 0 Å². The highest BCUT2D eigenvalue weighted by atomic mass is 15.3. The Balaban J connectivity index is 1.71. The fourth-order valence-corrected chi connectivity index (χ4v) is 3.03. The maximum absolute atomic E-state index is 6.14. The van der Waals surface area contributed by atoms with E-state index in [1.165, 1.54) is 51.7 Å². The molecule has 0 saturated carbocycles. The molecule has 2 N–H and O–H groups in total. The van der Waals surface area contributed by atoms with Gasteiger partial charge in [-0.15, -0.1) is 0 Å². The molecule has 0 aliphatic carbocycles. The molecule has 116 valence electrons. The first-order valence-electron chi connectivity index (χ1n) is 8.21. The molecular weight excluding hydrogens is 250 g/mol. The normalized spacial score (nSPS) is 24.4. The summed E-state index contributed by atoms with van der Waals surface area (Å²) in [5.74, 6) is 0.763.